The molecule has 1 aliphatic rings. The van der Waals surface area contributed by atoms with Crippen LogP contribution in [0.5, 0.6) is 0 Å². The molecule has 0 unspecified atom stereocenters. The highest BCUT2D eigenvalue weighted by Crippen LogP contribution is 2.26. The van der Waals surface area contributed by atoms with Crippen molar-refractivity contribution in [3.05, 3.63) is 47.3 Å². The number of aromatic nitrogens is 3. The number of fused-ring (bicyclic) bond motifs is 1. The Hall–Kier alpha value is -1.72. The van der Waals surface area contributed by atoms with Gasteiger partial charge >= 0.3 is 0 Å². The van der Waals surface area contributed by atoms with Gasteiger partial charge in [0.05, 0.1) is 24.9 Å². The molecule has 3 rings (SSSR count). The van der Waals surface area contributed by atoms with E-state index in [-0.39, 0.29) is 6.04 Å². The van der Waals surface area contributed by atoms with Crippen LogP contribution in [-0.2, 0) is 24.8 Å². The minimum atomic E-state index is 0.205. The third kappa shape index (κ3) is 2.59. The molecule has 5 heteroatoms. The zero-order valence-electron chi connectivity index (χ0n) is 12.0. The number of likely N-dealkylation sites (N-methyl/N-ethyl adjacent to an activating group) is 1. The molecule has 1 aromatic carbocycles. The van der Waals surface area contributed by atoms with E-state index >= 15 is 0 Å². The normalized spacial score (nSPS) is 19.0. The molecular formula is C15H20N4O. The molecule has 20 heavy (non-hydrogen) atoms. The van der Waals surface area contributed by atoms with Crippen LogP contribution in [0.15, 0.2) is 30.3 Å². The summed E-state index contributed by atoms with van der Waals surface area (Å²) in [6.45, 7) is 2.31. The topological polar surface area (TPSA) is 43.2 Å². The van der Waals surface area contributed by atoms with E-state index in [0.29, 0.717) is 13.2 Å². The molecule has 0 saturated heterocycles. The van der Waals surface area contributed by atoms with Crippen LogP contribution in [-0.4, -0.2) is 40.1 Å². The minimum absolute atomic E-state index is 0.205. The number of benzene rings is 1. The molecule has 2 aromatic rings. The van der Waals surface area contributed by atoms with Crippen molar-refractivity contribution in [2.45, 2.75) is 19.1 Å². The molecule has 0 saturated carbocycles. The predicted molar refractivity (Wildman–Crippen MR) is 76.2 cm³/mol. The Bertz CT molecular complexity index is 567. The first-order valence-corrected chi connectivity index (χ1v) is 6.96. The first-order valence-electron chi connectivity index (χ1n) is 6.96. The van der Waals surface area contributed by atoms with Crippen LogP contribution in [0, 0.1) is 0 Å². The molecule has 0 bridgehead atoms. The van der Waals surface area contributed by atoms with E-state index in [2.05, 4.69) is 34.4 Å². The van der Waals surface area contributed by atoms with Crippen LogP contribution in [0.4, 0.5) is 0 Å². The predicted octanol–water partition coefficient (Wildman–Crippen LogP) is 1.56. The van der Waals surface area contributed by atoms with Gasteiger partial charge in [-0.1, -0.05) is 35.5 Å². The SMILES string of the molecule is CN1CCc2c(nnn2C)[C@H]1COCc1ccccc1. The van der Waals surface area contributed by atoms with Crippen molar-refractivity contribution in [2.75, 3.05) is 20.2 Å². The van der Waals surface area contributed by atoms with Gasteiger partial charge in [-0.25, -0.2) is 0 Å². The van der Waals surface area contributed by atoms with Crippen molar-refractivity contribution in [1.82, 2.24) is 19.9 Å². The maximum atomic E-state index is 5.88. The Kier molecular flexibility index (Phi) is 3.80. The van der Waals surface area contributed by atoms with Crippen LogP contribution in [0.25, 0.3) is 0 Å². The molecule has 2 heterocycles. The molecule has 5 nitrogen and oxygen atoms in total. The van der Waals surface area contributed by atoms with Crippen molar-refractivity contribution in [3.8, 4) is 0 Å². The van der Waals surface area contributed by atoms with Gasteiger partial charge in [0.1, 0.15) is 5.69 Å². The van der Waals surface area contributed by atoms with E-state index in [1.807, 2.05) is 29.9 Å². The van der Waals surface area contributed by atoms with Crippen molar-refractivity contribution in [1.29, 1.82) is 0 Å². The lowest BCUT2D eigenvalue weighted by Crippen LogP contribution is -2.35. The zero-order chi connectivity index (χ0) is 13.9. The summed E-state index contributed by atoms with van der Waals surface area (Å²) >= 11 is 0. The standard InChI is InChI=1S/C15H20N4O/c1-18-9-8-13-15(16-17-19(13)2)14(18)11-20-10-12-6-4-3-5-7-12/h3-7,14H,8-11H2,1-2H3/t14-/m1/s1. The monoisotopic (exact) mass is 272 g/mol. The van der Waals surface area contributed by atoms with Crippen molar-refractivity contribution >= 4 is 0 Å². The van der Waals surface area contributed by atoms with E-state index in [0.717, 1.165) is 18.7 Å². The van der Waals surface area contributed by atoms with Crippen LogP contribution in [0.3, 0.4) is 0 Å². The first kappa shape index (κ1) is 13.3. The van der Waals surface area contributed by atoms with Crippen molar-refractivity contribution in [2.24, 2.45) is 7.05 Å². The minimum Gasteiger partial charge on any atom is -0.375 e. The molecular weight excluding hydrogens is 252 g/mol. The molecule has 106 valence electrons. The number of rotatable bonds is 4. The van der Waals surface area contributed by atoms with Crippen LogP contribution in [0.1, 0.15) is 23.0 Å². The number of ether oxygens (including phenoxy) is 1. The Balaban J connectivity index is 1.65. The highest BCUT2D eigenvalue weighted by atomic mass is 16.5. The lowest BCUT2D eigenvalue weighted by atomic mass is 10.0. The van der Waals surface area contributed by atoms with Crippen LogP contribution < -0.4 is 0 Å². The molecule has 1 aromatic heterocycles. The lowest BCUT2D eigenvalue weighted by Gasteiger charge is -2.31. The third-order valence-electron chi connectivity index (χ3n) is 3.91. The molecule has 1 aliphatic heterocycles. The number of hydrogen-bond acceptors (Lipinski definition) is 4. The van der Waals surface area contributed by atoms with Gasteiger partial charge in [0.2, 0.25) is 0 Å². The second-order valence-corrected chi connectivity index (χ2v) is 5.29. The van der Waals surface area contributed by atoms with Crippen LogP contribution in [0.2, 0.25) is 0 Å². The van der Waals surface area contributed by atoms with Gasteiger partial charge < -0.3 is 4.74 Å². The molecule has 0 N–H and O–H groups in total. The molecule has 0 aliphatic carbocycles. The Morgan fingerprint density at radius 1 is 1.25 bits per heavy atom. The average molecular weight is 272 g/mol. The summed E-state index contributed by atoms with van der Waals surface area (Å²) in [4.78, 5) is 2.29. The molecule has 0 radical (unpaired) electrons. The second-order valence-electron chi connectivity index (χ2n) is 5.29. The van der Waals surface area contributed by atoms with E-state index in [1.165, 1.54) is 11.3 Å². The maximum absolute atomic E-state index is 5.88. The molecule has 0 spiro atoms. The Morgan fingerprint density at radius 3 is 2.85 bits per heavy atom. The smallest absolute Gasteiger partial charge is 0.105 e. The average Bonchev–Trinajstić information content (AvgIpc) is 2.84. The fraction of sp³-hybridized carbons (Fsp3) is 0.467. The van der Waals surface area contributed by atoms with Gasteiger partial charge in [-0.05, 0) is 12.6 Å². The number of aryl methyl sites for hydroxylation is 1. The fourth-order valence-corrected chi connectivity index (χ4v) is 2.66. The van der Waals surface area contributed by atoms with E-state index < -0.39 is 0 Å². The zero-order valence-corrected chi connectivity index (χ0v) is 12.0. The van der Waals surface area contributed by atoms with Gasteiger partial charge in [-0.15, -0.1) is 5.10 Å². The quantitative estimate of drug-likeness (QED) is 0.847. The fourth-order valence-electron chi connectivity index (χ4n) is 2.66. The first-order chi connectivity index (χ1) is 9.75. The van der Waals surface area contributed by atoms with Crippen molar-refractivity contribution in [3.63, 3.8) is 0 Å². The summed E-state index contributed by atoms with van der Waals surface area (Å²) in [5, 5.41) is 8.44. The molecule has 0 amide bonds. The lowest BCUT2D eigenvalue weighted by molar-refractivity contribution is 0.0536. The highest BCUT2D eigenvalue weighted by Gasteiger charge is 2.29. The summed E-state index contributed by atoms with van der Waals surface area (Å²) in [7, 11) is 4.08. The summed E-state index contributed by atoms with van der Waals surface area (Å²) in [5.41, 5.74) is 3.50. The van der Waals surface area contributed by atoms with Gasteiger partial charge in [0.25, 0.3) is 0 Å². The third-order valence-corrected chi connectivity index (χ3v) is 3.91. The number of nitrogens with zero attached hydrogens (tertiary/aromatic N) is 4. The second kappa shape index (κ2) is 5.73. The van der Waals surface area contributed by atoms with Gasteiger partial charge in [0, 0.05) is 20.0 Å². The van der Waals surface area contributed by atoms with Gasteiger partial charge in [-0.2, -0.15) is 0 Å². The summed E-state index contributed by atoms with van der Waals surface area (Å²) in [6, 6.07) is 10.5. The van der Waals surface area contributed by atoms with Gasteiger partial charge in [-0.3, -0.25) is 9.58 Å². The highest BCUT2D eigenvalue weighted by molar-refractivity contribution is 5.19. The maximum Gasteiger partial charge on any atom is 0.105 e. The van der Waals surface area contributed by atoms with Gasteiger partial charge in [0.15, 0.2) is 0 Å². The summed E-state index contributed by atoms with van der Waals surface area (Å²) < 4.78 is 7.76. The Labute approximate surface area is 119 Å². The molecule has 1 atom stereocenters. The summed E-state index contributed by atoms with van der Waals surface area (Å²) in [6.07, 6.45) is 1.00. The molecule has 0 fully saturated rings. The van der Waals surface area contributed by atoms with Crippen molar-refractivity contribution < 1.29 is 4.74 Å². The largest absolute Gasteiger partial charge is 0.375 e. The van der Waals surface area contributed by atoms with E-state index in [9.17, 15) is 0 Å². The van der Waals surface area contributed by atoms with E-state index in [1.54, 1.807) is 0 Å². The number of hydrogen-bond donors (Lipinski definition) is 0. The van der Waals surface area contributed by atoms with E-state index in [4.69, 9.17) is 4.74 Å². The summed E-state index contributed by atoms with van der Waals surface area (Å²) in [5.74, 6) is 0. The van der Waals surface area contributed by atoms with Crippen LogP contribution >= 0.6 is 0 Å². The Morgan fingerprint density at radius 2 is 2.05 bits per heavy atom.